The van der Waals surface area contributed by atoms with Gasteiger partial charge in [0.25, 0.3) is 0 Å². The van der Waals surface area contributed by atoms with Gasteiger partial charge in [-0.2, -0.15) is 13.2 Å². The van der Waals surface area contributed by atoms with Gasteiger partial charge in [0.05, 0.1) is 5.56 Å². The van der Waals surface area contributed by atoms with E-state index in [0.717, 1.165) is 12.1 Å². The number of nitrogens with zero attached hydrogens (tertiary/aromatic N) is 1. The van der Waals surface area contributed by atoms with Gasteiger partial charge >= 0.3 is 6.18 Å². The Kier molecular flexibility index (Phi) is 4.91. The number of aromatic hydroxyl groups is 1. The van der Waals surface area contributed by atoms with E-state index in [0.29, 0.717) is 5.56 Å². The molecule has 2 unspecified atom stereocenters. The fourth-order valence-corrected chi connectivity index (χ4v) is 3.22. The van der Waals surface area contributed by atoms with Gasteiger partial charge in [0.1, 0.15) is 5.75 Å². The Balaban J connectivity index is 1.72. The van der Waals surface area contributed by atoms with Gasteiger partial charge in [-0.15, -0.1) is 0 Å². The van der Waals surface area contributed by atoms with Crippen molar-refractivity contribution in [3.8, 4) is 5.75 Å². The molecule has 1 heterocycles. The summed E-state index contributed by atoms with van der Waals surface area (Å²) in [6, 6.07) is 11.3. The number of halogens is 3. The maximum absolute atomic E-state index is 12.9. The van der Waals surface area contributed by atoms with Crippen molar-refractivity contribution in [1.82, 2.24) is 5.32 Å². The van der Waals surface area contributed by atoms with Crippen LogP contribution in [0.25, 0.3) is 0 Å². The highest BCUT2D eigenvalue weighted by Crippen LogP contribution is 2.33. The molecule has 0 bridgehead atoms. The third-order valence-corrected chi connectivity index (χ3v) is 4.50. The number of hydrogen-bond acceptors (Lipinski definition) is 3. The van der Waals surface area contributed by atoms with E-state index in [4.69, 9.17) is 0 Å². The molecule has 0 saturated carbocycles. The van der Waals surface area contributed by atoms with Gasteiger partial charge in [0.15, 0.2) is 0 Å². The molecule has 1 saturated heterocycles. The highest BCUT2D eigenvalue weighted by atomic mass is 19.4. The molecule has 7 heteroatoms. The largest absolute Gasteiger partial charge is 0.508 e. The standard InChI is InChI=1S/C19H19F3N2O2/c1-12(16-7-2-3-8-17(16)25)23-14-10-18(26)24(11-14)15-6-4-5-13(9-15)19(20,21)22/h2-9,12,14,23,25H,10-11H2,1H3. The number of phenols is 1. The molecule has 2 aromatic carbocycles. The summed E-state index contributed by atoms with van der Waals surface area (Å²) in [4.78, 5) is 13.7. The number of carbonyl (C=O) groups is 1. The quantitative estimate of drug-likeness (QED) is 0.866. The Morgan fingerprint density at radius 3 is 2.62 bits per heavy atom. The van der Waals surface area contributed by atoms with Crippen LogP contribution in [0.3, 0.4) is 0 Å². The number of rotatable bonds is 4. The van der Waals surface area contributed by atoms with Crippen molar-refractivity contribution in [3.63, 3.8) is 0 Å². The zero-order valence-corrected chi connectivity index (χ0v) is 14.1. The third-order valence-electron chi connectivity index (χ3n) is 4.50. The van der Waals surface area contributed by atoms with Gasteiger partial charge in [-0.05, 0) is 31.2 Å². The van der Waals surface area contributed by atoms with Crippen molar-refractivity contribution in [3.05, 3.63) is 59.7 Å². The lowest BCUT2D eigenvalue weighted by Gasteiger charge is -2.21. The van der Waals surface area contributed by atoms with Crippen molar-refractivity contribution in [2.24, 2.45) is 0 Å². The second-order valence-corrected chi connectivity index (χ2v) is 6.40. The summed E-state index contributed by atoms with van der Waals surface area (Å²) < 4.78 is 38.7. The zero-order chi connectivity index (χ0) is 18.9. The van der Waals surface area contributed by atoms with Crippen LogP contribution in [0.1, 0.15) is 30.5 Å². The Morgan fingerprint density at radius 1 is 1.19 bits per heavy atom. The molecule has 4 nitrogen and oxygen atoms in total. The van der Waals surface area contributed by atoms with Crippen molar-refractivity contribution in [2.45, 2.75) is 31.6 Å². The summed E-state index contributed by atoms with van der Waals surface area (Å²) in [6.07, 6.45) is -4.26. The Bertz CT molecular complexity index is 807. The van der Waals surface area contributed by atoms with Crippen molar-refractivity contribution < 1.29 is 23.1 Å². The van der Waals surface area contributed by atoms with E-state index in [2.05, 4.69) is 5.32 Å². The smallest absolute Gasteiger partial charge is 0.416 e. The molecule has 2 aromatic rings. The zero-order valence-electron chi connectivity index (χ0n) is 14.1. The first-order chi connectivity index (χ1) is 12.3. The molecule has 0 aliphatic carbocycles. The first-order valence-corrected chi connectivity index (χ1v) is 8.27. The Morgan fingerprint density at radius 2 is 1.92 bits per heavy atom. The highest BCUT2D eigenvalue weighted by molar-refractivity contribution is 5.96. The molecule has 1 aliphatic heterocycles. The summed E-state index contributed by atoms with van der Waals surface area (Å²) in [5.41, 5.74) is 0.170. The van der Waals surface area contributed by atoms with Crippen LogP contribution in [0.5, 0.6) is 5.75 Å². The molecule has 1 amide bonds. The molecule has 138 valence electrons. The summed E-state index contributed by atoms with van der Waals surface area (Å²) in [5, 5.41) is 13.2. The molecule has 1 fully saturated rings. The molecule has 2 N–H and O–H groups in total. The fraction of sp³-hybridized carbons (Fsp3) is 0.316. The summed E-state index contributed by atoms with van der Waals surface area (Å²) in [6.45, 7) is 2.14. The maximum atomic E-state index is 12.9. The number of hydrogen-bond donors (Lipinski definition) is 2. The van der Waals surface area contributed by atoms with Gasteiger partial charge in [-0.1, -0.05) is 24.3 Å². The predicted molar refractivity (Wildman–Crippen MR) is 91.9 cm³/mol. The molecule has 0 spiro atoms. The average molecular weight is 364 g/mol. The van der Waals surface area contributed by atoms with Gasteiger partial charge in [-0.3, -0.25) is 4.79 Å². The lowest BCUT2D eigenvalue weighted by Crippen LogP contribution is -2.34. The fourth-order valence-electron chi connectivity index (χ4n) is 3.22. The summed E-state index contributed by atoms with van der Waals surface area (Å²) in [5.74, 6) is -0.0714. The van der Waals surface area contributed by atoms with Crippen LogP contribution < -0.4 is 10.2 Å². The van der Waals surface area contributed by atoms with E-state index < -0.39 is 11.7 Å². The molecule has 0 radical (unpaired) electrons. The van der Waals surface area contributed by atoms with E-state index in [1.165, 1.54) is 17.0 Å². The Labute approximate surface area is 149 Å². The summed E-state index contributed by atoms with van der Waals surface area (Å²) >= 11 is 0. The lowest BCUT2D eigenvalue weighted by molar-refractivity contribution is -0.137. The van der Waals surface area contributed by atoms with Crippen LogP contribution in [0.15, 0.2) is 48.5 Å². The molecule has 26 heavy (non-hydrogen) atoms. The van der Waals surface area contributed by atoms with Crippen LogP contribution >= 0.6 is 0 Å². The van der Waals surface area contributed by atoms with Gasteiger partial charge in [-0.25, -0.2) is 0 Å². The third kappa shape index (κ3) is 3.83. The monoisotopic (exact) mass is 364 g/mol. The lowest BCUT2D eigenvalue weighted by atomic mass is 10.1. The second kappa shape index (κ2) is 6.99. The van der Waals surface area contributed by atoms with Gasteiger partial charge in [0, 0.05) is 36.3 Å². The second-order valence-electron chi connectivity index (χ2n) is 6.40. The van der Waals surface area contributed by atoms with Crippen LogP contribution in [-0.2, 0) is 11.0 Å². The SMILES string of the molecule is CC(NC1CC(=O)N(c2cccc(C(F)(F)F)c2)C1)c1ccccc1O. The number of amides is 1. The highest BCUT2D eigenvalue weighted by Gasteiger charge is 2.34. The number of para-hydroxylation sites is 1. The molecule has 0 aromatic heterocycles. The van der Waals surface area contributed by atoms with Crippen LogP contribution in [0, 0.1) is 0 Å². The van der Waals surface area contributed by atoms with Crippen LogP contribution in [-0.4, -0.2) is 23.6 Å². The van der Waals surface area contributed by atoms with Crippen LogP contribution in [0.2, 0.25) is 0 Å². The summed E-state index contributed by atoms with van der Waals surface area (Å²) in [7, 11) is 0. The Hall–Kier alpha value is -2.54. The topological polar surface area (TPSA) is 52.6 Å². The molecule has 1 aliphatic rings. The first-order valence-electron chi connectivity index (χ1n) is 8.27. The van der Waals surface area contributed by atoms with E-state index in [1.54, 1.807) is 18.2 Å². The molecular formula is C19H19F3N2O2. The number of carbonyl (C=O) groups excluding carboxylic acids is 1. The van der Waals surface area contributed by atoms with E-state index in [1.807, 2.05) is 13.0 Å². The van der Waals surface area contributed by atoms with E-state index in [-0.39, 0.29) is 42.4 Å². The molecule has 3 rings (SSSR count). The number of anilines is 1. The molecule has 2 atom stereocenters. The van der Waals surface area contributed by atoms with Gasteiger partial charge < -0.3 is 15.3 Å². The molecular weight excluding hydrogens is 345 g/mol. The normalized spacial score (nSPS) is 19.0. The van der Waals surface area contributed by atoms with E-state index >= 15 is 0 Å². The minimum atomic E-state index is -4.45. The van der Waals surface area contributed by atoms with E-state index in [9.17, 15) is 23.1 Å². The number of alkyl halides is 3. The number of nitrogens with one attached hydrogen (secondary N) is 1. The van der Waals surface area contributed by atoms with Crippen molar-refractivity contribution >= 4 is 11.6 Å². The minimum absolute atomic E-state index is 0.159. The predicted octanol–water partition coefficient (Wildman–Crippen LogP) is 3.87. The average Bonchev–Trinajstić information content (AvgIpc) is 2.95. The van der Waals surface area contributed by atoms with Crippen molar-refractivity contribution in [2.75, 3.05) is 11.4 Å². The maximum Gasteiger partial charge on any atom is 0.416 e. The minimum Gasteiger partial charge on any atom is -0.508 e. The number of benzene rings is 2. The number of phenolic OH excluding ortho intramolecular Hbond substituents is 1. The first kappa shape index (κ1) is 18.3. The van der Waals surface area contributed by atoms with Crippen molar-refractivity contribution in [1.29, 1.82) is 0 Å². The van der Waals surface area contributed by atoms with Crippen LogP contribution in [0.4, 0.5) is 18.9 Å². The van der Waals surface area contributed by atoms with Gasteiger partial charge in [0.2, 0.25) is 5.91 Å².